The number of benzene rings is 1. The lowest BCUT2D eigenvalue weighted by Crippen LogP contribution is -2.12. The summed E-state index contributed by atoms with van der Waals surface area (Å²) < 4.78 is 5.87. The summed E-state index contributed by atoms with van der Waals surface area (Å²) in [7, 11) is 0. The van der Waals surface area contributed by atoms with Gasteiger partial charge in [-0.1, -0.05) is 6.07 Å². The van der Waals surface area contributed by atoms with Gasteiger partial charge in [0.25, 0.3) is 0 Å². The summed E-state index contributed by atoms with van der Waals surface area (Å²) in [6, 6.07) is 5.76. The highest BCUT2D eigenvalue weighted by Crippen LogP contribution is 2.28. The van der Waals surface area contributed by atoms with Crippen molar-refractivity contribution >= 4 is 5.69 Å². The van der Waals surface area contributed by atoms with Crippen LogP contribution in [-0.2, 0) is 6.54 Å². The molecule has 2 rings (SSSR count). The SMILES string of the molecule is NCc1ccc(N)c(OC2CCCC2)c1. The van der Waals surface area contributed by atoms with Crippen LogP contribution in [0.25, 0.3) is 0 Å². The average Bonchev–Trinajstić information content (AvgIpc) is 2.74. The molecule has 0 aromatic heterocycles. The fourth-order valence-electron chi connectivity index (χ4n) is 1.99. The molecule has 1 saturated carbocycles. The second-order valence-corrected chi connectivity index (χ2v) is 4.10. The van der Waals surface area contributed by atoms with Crippen LogP contribution in [0.2, 0.25) is 0 Å². The summed E-state index contributed by atoms with van der Waals surface area (Å²) >= 11 is 0. The molecule has 3 heteroatoms. The predicted molar refractivity (Wildman–Crippen MR) is 61.6 cm³/mol. The van der Waals surface area contributed by atoms with E-state index in [0.717, 1.165) is 24.2 Å². The van der Waals surface area contributed by atoms with E-state index in [1.807, 2.05) is 18.2 Å². The third kappa shape index (κ3) is 2.42. The van der Waals surface area contributed by atoms with E-state index in [0.29, 0.717) is 18.3 Å². The molecule has 0 spiro atoms. The molecule has 0 heterocycles. The Morgan fingerprint density at radius 2 is 2.00 bits per heavy atom. The summed E-state index contributed by atoms with van der Waals surface area (Å²) in [5, 5.41) is 0. The van der Waals surface area contributed by atoms with Gasteiger partial charge in [-0.15, -0.1) is 0 Å². The molecular formula is C12H18N2O. The number of hydrogen-bond donors (Lipinski definition) is 2. The molecule has 15 heavy (non-hydrogen) atoms. The van der Waals surface area contributed by atoms with Crippen molar-refractivity contribution in [3.8, 4) is 5.75 Å². The summed E-state index contributed by atoms with van der Waals surface area (Å²) in [5.41, 5.74) is 13.2. The van der Waals surface area contributed by atoms with Gasteiger partial charge in [-0.3, -0.25) is 0 Å². The number of nitrogen functional groups attached to an aromatic ring is 1. The topological polar surface area (TPSA) is 61.3 Å². The fraction of sp³-hybridized carbons (Fsp3) is 0.500. The Morgan fingerprint density at radius 3 is 2.67 bits per heavy atom. The molecule has 0 atom stereocenters. The molecule has 1 fully saturated rings. The number of anilines is 1. The molecule has 0 unspecified atom stereocenters. The van der Waals surface area contributed by atoms with Gasteiger partial charge in [0.05, 0.1) is 11.8 Å². The van der Waals surface area contributed by atoms with Crippen LogP contribution in [0.4, 0.5) is 5.69 Å². The van der Waals surface area contributed by atoms with Crippen LogP contribution in [0, 0.1) is 0 Å². The Balaban J connectivity index is 2.11. The van der Waals surface area contributed by atoms with E-state index in [1.165, 1.54) is 12.8 Å². The Morgan fingerprint density at radius 1 is 1.27 bits per heavy atom. The molecule has 1 aliphatic rings. The maximum absolute atomic E-state index is 5.87. The number of rotatable bonds is 3. The van der Waals surface area contributed by atoms with E-state index in [-0.39, 0.29) is 0 Å². The highest BCUT2D eigenvalue weighted by molar-refractivity contribution is 5.54. The average molecular weight is 206 g/mol. The van der Waals surface area contributed by atoms with Gasteiger partial charge in [-0.25, -0.2) is 0 Å². The van der Waals surface area contributed by atoms with Gasteiger partial charge in [0.2, 0.25) is 0 Å². The van der Waals surface area contributed by atoms with E-state index >= 15 is 0 Å². The largest absolute Gasteiger partial charge is 0.488 e. The van der Waals surface area contributed by atoms with Gasteiger partial charge in [0, 0.05) is 6.54 Å². The van der Waals surface area contributed by atoms with Crippen LogP contribution >= 0.6 is 0 Å². The van der Waals surface area contributed by atoms with Crippen LogP contribution in [0.5, 0.6) is 5.75 Å². The lowest BCUT2D eigenvalue weighted by atomic mass is 10.2. The normalized spacial score (nSPS) is 16.9. The van der Waals surface area contributed by atoms with Crippen LogP contribution in [-0.4, -0.2) is 6.10 Å². The van der Waals surface area contributed by atoms with Gasteiger partial charge in [-0.05, 0) is 43.4 Å². The third-order valence-corrected chi connectivity index (χ3v) is 2.91. The number of nitrogens with two attached hydrogens (primary N) is 2. The Kier molecular flexibility index (Phi) is 3.11. The second kappa shape index (κ2) is 4.53. The van der Waals surface area contributed by atoms with Gasteiger partial charge in [-0.2, -0.15) is 0 Å². The molecule has 4 N–H and O–H groups in total. The minimum Gasteiger partial charge on any atom is -0.488 e. The molecule has 0 radical (unpaired) electrons. The zero-order valence-corrected chi connectivity index (χ0v) is 8.91. The Bertz CT molecular complexity index is 332. The van der Waals surface area contributed by atoms with E-state index < -0.39 is 0 Å². The first-order valence-electron chi connectivity index (χ1n) is 5.54. The van der Waals surface area contributed by atoms with Crippen molar-refractivity contribution in [2.75, 3.05) is 5.73 Å². The van der Waals surface area contributed by atoms with Gasteiger partial charge in [0.1, 0.15) is 5.75 Å². The second-order valence-electron chi connectivity index (χ2n) is 4.10. The number of ether oxygens (including phenoxy) is 1. The summed E-state index contributed by atoms with van der Waals surface area (Å²) in [4.78, 5) is 0. The summed E-state index contributed by atoms with van der Waals surface area (Å²) in [5.74, 6) is 0.796. The zero-order chi connectivity index (χ0) is 10.7. The first-order valence-corrected chi connectivity index (χ1v) is 5.54. The number of hydrogen-bond acceptors (Lipinski definition) is 3. The maximum atomic E-state index is 5.87. The molecule has 1 aromatic carbocycles. The van der Waals surface area contributed by atoms with Gasteiger partial charge < -0.3 is 16.2 Å². The molecule has 1 aromatic rings. The minimum absolute atomic E-state index is 0.348. The Labute approximate surface area is 90.4 Å². The first-order chi connectivity index (χ1) is 7.29. The molecular weight excluding hydrogens is 188 g/mol. The molecule has 82 valence electrons. The van der Waals surface area contributed by atoms with E-state index in [4.69, 9.17) is 16.2 Å². The van der Waals surface area contributed by atoms with Gasteiger partial charge in [0.15, 0.2) is 0 Å². The van der Waals surface area contributed by atoms with Crippen LogP contribution in [0.3, 0.4) is 0 Å². The lowest BCUT2D eigenvalue weighted by Gasteiger charge is -2.15. The van der Waals surface area contributed by atoms with Gasteiger partial charge >= 0.3 is 0 Å². The molecule has 0 bridgehead atoms. The summed E-state index contributed by atoms with van der Waals surface area (Å²) in [6.07, 6.45) is 5.17. The van der Waals surface area contributed by atoms with Crippen molar-refractivity contribution in [3.05, 3.63) is 23.8 Å². The third-order valence-electron chi connectivity index (χ3n) is 2.91. The van der Waals surface area contributed by atoms with Crippen LogP contribution in [0.1, 0.15) is 31.2 Å². The van der Waals surface area contributed by atoms with E-state index in [9.17, 15) is 0 Å². The Hall–Kier alpha value is -1.22. The minimum atomic E-state index is 0.348. The molecule has 0 aliphatic heterocycles. The molecule has 0 amide bonds. The first kappa shape index (κ1) is 10.3. The zero-order valence-electron chi connectivity index (χ0n) is 8.91. The van der Waals surface area contributed by atoms with Crippen molar-refractivity contribution in [3.63, 3.8) is 0 Å². The predicted octanol–water partition coefficient (Wildman–Crippen LogP) is 2.05. The van der Waals surface area contributed by atoms with Crippen LogP contribution in [0.15, 0.2) is 18.2 Å². The monoisotopic (exact) mass is 206 g/mol. The smallest absolute Gasteiger partial charge is 0.142 e. The fourth-order valence-corrected chi connectivity index (χ4v) is 1.99. The molecule has 3 nitrogen and oxygen atoms in total. The van der Waals surface area contributed by atoms with Crippen molar-refractivity contribution in [2.24, 2.45) is 5.73 Å². The quantitative estimate of drug-likeness (QED) is 0.744. The summed E-state index contributed by atoms with van der Waals surface area (Å²) in [6.45, 7) is 0.529. The highest BCUT2D eigenvalue weighted by atomic mass is 16.5. The van der Waals surface area contributed by atoms with Crippen molar-refractivity contribution in [2.45, 2.75) is 38.3 Å². The van der Waals surface area contributed by atoms with Crippen LogP contribution < -0.4 is 16.2 Å². The lowest BCUT2D eigenvalue weighted by molar-refractivity contribution is 0.211. The molecule has 1 aliphatic carbocycles. The van der Waals surface area contributed by atoms with Crippen molar-refractivity contribution < 1.29 is 4.74 Å². The highest BCUT2D eigenvalue weighted by Gasteiger charge is 2.17. The van der Waals surface area contributed by atoms with Crippen molar-refractivity contribution in [1.29, 1.82) is 0 Å². The van der Waals surface area contributed by atoms with Crippen molar-refractivity contribution in [1.82, 2.24) is 0 Å². The molecule has 0 saturated heterocycles. The standard InChI is InChI=1S/C12H18N2O/c13-8-9-5-6-11(14)12(7-9)15-10-3-1-2-4-10/h5-7,10H,1-4,8,13-14H2. The van der Waals surface area contributed by atoms with E-state index in [1.54, 1.807) is 0 Å². The maximum Gasteiger partial charge on any atom is 0.142 e. The van der Waals surface area contributed by atoms with E-state index in [2.05, 4.69) is 0 Å².